The van der Waals surface area contributed by atoms with Gasteiger partial charge in [0.05, 0.1) is 11.2 Å². The number of hydrogen-bond donors (Lipinski definition) is 0. The van der Waals surface area contributed by atoms with Gasteiger partial charge in [0.1, 0.15) is 0 Å². The fourth-order valence-corrected chi connectivity index (χ4v) is 2.82. The highest BCUT2D eigenvalue weighted by atomic mass is 16.2. The van der Waals surface area contributed by atoms with Crippen molar-refractivity contribution in [2.45, 2.75) is 26.3 Å². The van der Waals surface area contributed by atoms with E-state index in [9.17, 15) is 4.79 Å². The highest BCUT2D eigenvalue weighted by Gasteiger charge is 2.20. The Morgan fingerprint density at radius 3 is 2.76 bits per heavy atom. The maximum Gasteiger partial charge on any atom is 0.222 e. The van der Waals surface area contributed by atoms with Crippen molar-refractivity contribution >= 4 is 11.4 Å². The molecule has 0 bridgehead atoms. The fraction of sp³-hybridized carbons (Fsp3) is 0.500. The number of carbonyl (C=O) groups is 1. The van der Waals surface area contributed by atoms with E-state index in [0.29, 0.717) is 12.3 Å². The topological polar surface area (TPSA) is 40.9 Å². The third-order valence-corrected chi connectivity index (χ3v) is 4.00. The summed E-state index contributed by atoms with van der Waals surface area (Å²) < 4.78 is 1.91. The van der Waals surface area contributed by atoms with E-state index >= 15 is 0 Å². The molecule has 3 heterocycles. The Morgan fingerprint density at radius 2 is 2.05 bits per heavy atom. The molecule has 5 nitrogen and oxygen atoms in total. The van der Waals surface area contributed by atoms with Crippen LogP contribution in [0.5, 0.6) is 0 Å². The lowest BCUT2D eigenvalue weighted by Crippen LogP contribution is -2.48. The van der Waals surface area contributed by atoms with E-state index in [-0.39, 0.29) is 0 Å². The third kappa shape index (κ3) is 3.24. The van der Waals surface area contributed by atoms with Gasteiger partial charge in [-0.1, -0.05) is 13.0 Å². The molecule has 0 unspecified atom stereocenters. The normalized spacial score (nSPS) is 16.5. The van der Waals surface area contributed by atoms with Gasteiger partial charge in [-0.05, 0) is 24.6 Å². The molecule has 2 aromatic rings. The summed E-state index contributed by atoms with van der Waals surface area (Å²) in [5.74, 6) is 0.296. The first kappa shape index (κ1) is 14.1. The molecule has 0 aliphatic carbocycles. The predicted octanol–water partition coefficient (Wildman–Crippen LogP) is 1.78. The van der Waals surface area contributed by atoms with Crippen molar-refractivity contribution in [3.05, 3.63) is 36.2 Å². The van der Waals surface area contributed by atoms with Gasteiger partial charge in [0, 0.05) is 45.3 Å². The number of amides is 1. The van der Waals surface area contributed by atoms with Gasteiger partial charge in [0.25, 0.3) is 0 Å². The van der Waals surface area contributed by atoms with Crippen LogP contribution in [0.15, 0.2) is 30.5 Å². The Morgan fingerprint density at radius 1 is 1.24 bits per heavy atom. The fourth-order valence-electron chi connectivity index (χ4n) is 2.82. The third-order valence-electron chi connectivity index (χ3n) is 4.00. The molecule has 1 aliphatic heterocycles. The van der Waals surface area contributed by atoms with E-state index < -0.39 is 0 Å². The zero-order chi connectivity index (χ0) is 14.7. The number of nitrogens with zero attached hydrogens (tertiary/aromatic N) is 4. The summed E-state index contributed by atoms with van der Waals surface area (Å²) >= 11 is 0. The summed E-state index contributed by atoms with van der Waals surface area (Å²) in [6.07, 6.45) is 3.58. The average Bonchev–Trinajstić information content (AvgIpc) is 2.90. The molecule has 0 N–H and O–H groups in total. The Bertz CT molecular complexity index is 581. The zero-order valence-corrected chi connectivity index (χ0v) is 12.5. The van der Waals surface area contributed by atoms with Gasteiger partial charge in [-0.15, -0.1) is 0 Å². The summed E-state index contributed by atoms with van der Waals surface area (Å²) in [4.78, 5) is 16.2. The monoisotopic (exact) mass is 286 g/mol. The molecule has 0 saturated carbocycles. The van der Waals surface area contributed by atoms with E-state index in [4.69, 9.17) is 0 Å². The van der Waals surface area contributed by atoms with Crippen molar-refractivity contribution in [1.29, 1.82) is 0 Å². The molecule has 0 atom stereocenters. The largest absolute Gasteiger partial charge is 0.340 e. The van der Waals surface area contributed by atoms with Crippen LogP contribution in [-0.2, 0) is 11.3 Å². The highest BCUT2D eigenvalue weighted by Crippen LogP contribution is 2.11. The second kappa shape index (κ2) is 6.26. The van der Waals surface area contributed by atoms with Crippen LogP contribution in [0, 0.1) is 0 Å². The minimum atomic E-state index is 0.296. The van der Waals surface area contributed by atoms with E-state index in [0.717, 1.165) is 50.4 Å². The van der Waals surface area contributed by atoms with Crippen LogP contribution in [0.3, 0.4) is 0 Å². The van der Waals surface area contributed by atoms with Crippen molar-refractivity contribution in [1.82, 2.24) is 19.4 Å². The van der Waals surface area contributed by atoms with Crippen molar-refractivity contribution in [3.63, 3.8) is 0 Å². The molecular formula is C16H22N4O. The molecule has 0 spiro atoms. The lowest BCUT2D eigenvalue weighted by molar-refractivity contribution is -0.133. The molecule has 2 aromatic heterocycles. The Labute approximate surface area is 125 Å². The number of fused-ring (bicyclic) bond motifs is 1. The molecule has 1 amide bonds. The van der Waals surface area contributed by atoms with Crippen LogP contribution < -0.4 is 0 Å². The average molecular weight is 286 g/mol. The SMILES string of the molecule is CCCC(=O)N1CCN(Cc2cc3ccccn3n2)CC1. The van der Waals surface area contributed by atoms with Crippen LogP contribution in [0.1, 0.15) is 25.5 Å². The summed E-state index contributed by atoms with van der Waals surface area (Å²) in [5.41, 5.74) is 2.22. The van der Waals surface area contributed by atoms with Crippen LogP contribution in [0.2, 0.25) is 0 Å². The maximum atomic E-state index is 11.9. The Balaban J connectivity index is 1.56. The lowest BCUT2D eigenvalue weighted by atomic mass is 10.2. The summed E-state index contributed by atoms with van der Waals surface area (Å²) in [7, 11) is 0. The minimum absolute atomic E-state index is 0.296. The molecule has 0 radical (unpaired) electrons. The molecule has 3 rings (SSSR count). The van der Waals surface area contributed by atoms with Gasteiger partial charge in [0.2, 0.25) is 5.91 Å². The highest BCUT2D eigenvalue weighted by molar-refractivity contribution is 5.76. The van der Waals surface area contributed by atoms with Crippen molar-refractivity contribution in [3.8, 4) is 0 Å². The van der Waals surface area contributed by atoms with Crippen LogP contribution in [0.25, 0.3) is 5.52 Å². The Hall–Kier alpha value is -1.88. The summed E-state index contributed by atoms with van der Waals surface area (Å²) in [5, 5.41) is 4.58. The van der Waals surface area contributed by atoms with Crippen LogP contribution in [0.4, 0.5) is 0 Å². The second-order valence-corrected chi connectivity index (χ2v) is 5.61. The molecule has 21 heavy (non-hydrogen) atoms. The van der Waals surface area contributed by atoms with E-state index in [2.05, 4.69) is 29.1 Å². The van der Waals surface area contributed by atoms with Crippen molar-refractivity contribution < 1.29 is 4.79 Å². The van der Waals surface area contributed by atoms with Crippen molar-refractivity contribution in [2.24, 2.45) is 0 Å². The maximum absolute atomic E-state index is 11.9. The lowest BCUT2D eigenvalue weighted by Gasteiger charge is -2.34. The number of piperazine rings is 1. The smallest absolute Gasteiger partial charge is 0.222 e. The standard InChI is InChI=1S/C16H22N4O/c1-2-5-16(21)19-10-8-18(9-11-19)13-14-12-15-6-3-4-7-20(15)17-14/h3-4,6-7,12H,2,5,8-11,13H2,1H3. The molecule has 5 heteroatoms. The zero-order valence-electron chi connectivity index (χ0n) is 12.5. The molecule has 1 saturated heterocycles. The molecule has 0 aromatic carbocycles. The second-order valence-electron chi connectivity index (χ2n) is 5.61. The number of carbonyl (C=O) groups excluding carboxylic acids is 1. The van der Waals surface area contributed by atoms with Crippen LogP contribution in [-0.4, -0.2) is 51.5 Å². The van der Waals surface area contributed by atoms with Gasteiger partial charge in [-0.25, -0.2) is 4.52 Å². The number of aromatic nitrogens is 2. The summed E-state index contributed by atoms with van der Waals surface area (Å²) in [6.45, 7) is 6.46. The molecular weight excluding hydrogens is 264 g/mol. The van der Waals surface area contributed by atoms with E-state index in [1.54, 1.807) is 0 Å². The van der Waals surface area contributed by atoms with Crippen molar-refractivity contribution in [2.75, 3.05) is 26.2 Å². The molecule has 1 aliphatic rings. The number of rotatable bonds is 4. The van der Waals surface area contributed by atoms with Gasteiger partial charge in [-0.3, -0.25) is 9.69 Å². The Kier molecular flexibility index (Phi) is 4.20. The summed E-state index contributed by atoms with van der Waals surface area (Å²) in [6, 6.07) is 8.22. The van der Waals surface area contributed by atoms with Gasteiger partial charge < -0.3 is 4.90 Å². The quantitative estimate of drug-likeness (QED) is 0.860. The molecule has 1 fully saturated rings. The number of hydrogen-bond acceptors (Lipinski definition) is 3. The first-order valence-electron chi connectivity index (χ1n) is 7.69. The van der Waals surface area contributed by atoms with E-state index in [1.807, 2.05) is 27.7 Å². The van der Waals surface area contributed by atoms with Crippen LogP contribution >= 0.6 is 0 Å². The minimum Gasteiger partial charge on any atom is -0.340 e. The predicted molar refractivity (Wildman–Crippen MR) is 82.0 cm³/mol. The van der Waals surface area contributed by atoms with Gasteiger partial charge in [-0.2, -0.15) is 5.10 Å². The molecule has 112 valence electrons. The van der Waals surface area contributed by atoms with Gasteiger partial charge >= 0.3 is 0 Å². The number of pyridine rings is 1. The first-order chi connectivity index (χ1) is 10.3. The van der Waals surface area contributed by atoms with Gasteiger partial charge in [0.15, 0.2) is 0 Å². The first-order valence-corrected chi connectivity index (χ1v) is 7.69. The van der Waals surface area contributed by atoms with E-state index in [1.165, 1.54) is 0 Å².